The number of anilines is 1. The van der Waals surface area contributed by atoms with E-state index in [1.54, 1.807) is 6.20 Å². The molecule has 0 fully saturated rings. The van der Waals surface area contributed by atoms with Crippen LogP contribution in [0.5, 0.6) is 0 Å². The van der Waals surface area contributed by atoms with Crippen molar-refractivity contribution in [3.63, 3.8) is 0 Å². The lowest BCUT2D eigenvalue weighted by Gasteiger charge is -2.28. The maximum atomic E-state index is 10.6. The van der Waals surface area contributed by atoms with E-state index >= 15 is 0 Å². The summed E-state index contributed by atoms with van der Waals surface area (Å²) in [5.41, 5.74) is 3.54. The first kappa shape index (κ1) is 13.2. The summed E-state index contributed by atoms with van der Waals surface area (Å²) in [6, 6.07) is 6.26. The van der Waals surface area contributed by atoms with Gasteiger partial charge in [-0.1, -0.05) is 12.1 Å². The average Bonchev–Trinajstić information content (AvgIpc) is 2.95. The lowest BCUT2D eigenvalue weighted by molar-refractivity contribution is 0.204. The van der Waals surface area contributed by atoms with Crippen LogP contribution in [0.1, 0.15) is 36.4 Å². The van der Waals surface area contributed by atoms with Crippen molar-refractivity contribution in [3.05, 3.63) is 47.5 Å². The first-order valence-corrected chi connectivity index (χ1v) is 7.23. The normalized spacial score (nSPS) is 16.1. The Hall–Kier alpha value is -1.81. The van der Waals surface area contributed by atoms with Gasteiger partial charge in [-0.05, 0) is 37.0 Å². The Morgan fingerprint density at radius 3 is 3.05 bits per heavy atom. The van der Waals surface area contributed by atoms with E-state index in [0.717, 1.165) is 30.9 Å². The third kappa shape index (κ3) is 2.20. The van der Waals surface area contributed by atoms with E-state index in [-0.39, 0.29) is 0 Å². The predicted molar refractivity (Wildman–Crippen MR) is 80.0 cm³/mol. The van der Waals surface area contributed by atoms with Crippen molar-refractivity contribution < 1.29 is 5.11 Å². The van der Waals surface area contributed by atoms with Gasteiger partial charge in [0.15, 0.2) is 0 Å². The molecule has 20 heavy (non-hydrogen) atoms. The highest BCUT2D eigenvalue weighted by Crippen LogP contribution is 2.30. The van der Waals surface area contributed by atoms with Crippen molar-refractivity contribution in [2.75, 3.05) is 18.5 Å². The number of aliphatic hydroxyl groups is 1. The number of aromatic nitrogens is 2. The van der Waals surface area contributed by atoms with E-state index in [0.29, 0.717) is 0 Å². The minimum absolute atomic E-state index is 0.650. The number of hydrogen-bond donors (Lipinski definition) is 1. The van der Waals surface area contributed by atoms with Gasteiger partial charge in [0.2, 0.25) is 0 Å². The molecule has 1 unspecified atom stereocenters. The second kappa shape index (κ2) is 5.29. The van der Waals surface area contributed by atoms with Crippen LogP contribution in [-0.2, 0) is 13.0 Å². The molecule has 2 heterocycles. The average molecular weight is 271 g/mol. The monoisotopic (exact) mass is 271 g/mol. The second-order valence-electron chi connectivity index (χ2n) is 5.39. The quantitative estimate of drug-likeness (QED) is 0.932. The molecule has 1 atom stereocenters. The Labute approximate surface area is 119 Å². The largest absolute Gasteiger partial charge is 0.380 e. The molecule has 4 nitrogen and oxygen atoms in total. The maximum absolute atomic E-state index is 10.6. The summed E-state index contributed by atoms with van der Waals surface area (Å²) in [7, 11) is 2.12. The van der Waals surface area contributed by atoms with Crippen LogP contribution < -0.4 is 4.90 Å². The van der Waals surface area contributed by atoms with Gasteiger partial charge in [-0.3, -0.25) is 0 Å². The molecule has 2 aromatic rings. The fourth-order valence-electron chi connectivity index (χ4n) is 2.96. The number of hydrogen-bond acceptors (Lipinski definition) is 3. The highest BCUT2D eigenvalue weighted by molar-refractivity contribution is 5.56. The van der Waals surface area contributed by atoms with Gasteiger partial charge < -0.3 is 14.6 Å². The Kier molecular flexibility index (Phi) is 3.49. The molecule has 4 heteroatoms. The van der Waals surface area contributed by atoms with Crippen LogP contribution in [0, 0.1) is 0 Å². The van der Waals surface area contributed by atoms with Crippen LogP contribution >= 0.6 is 0 Å². The molecule has 106 valence electrons. The SMILES string of the molecule is CCn1ccnc1C(O)c1ccc2c(c1)CCCN2C. The lowest BCUT2D eigenvalue weighted by atomic mass is 9.97. The van der Waals surface area contributed by atoms with Crippen molar-refractivity contribution >= 4 is 5.69 Å². The van der Waals surface area contributed by atoms with Gasteiger partial charge in [-0.25, -0.2) is 4.98 Å². The molecular weight excluding hydrogens is 250 g/mol. The topological polar surface area (TPSA) is 41.3 Å². The fourth-order valence-corrected chi connectivity index (χ4v) is 2.96. The number of rotatable bonds is 3. The molecular formula is C16H21N3O. The molecule has 1 aromatic carbocycles. The molecule has 1 aliphatic rings. The number of aryl methyl sites for hydroxylation is 2. The smallest absolute Gasteiger partial charge is 0.142 e. The highest BCUT2D eigenvalue weighted by Gasteiger charge is 2.19. The van der Waals surface area contributed by atoms with E-state index in [4.69, 9.17) is 0 Å². The minimum Gasteiger partial charge on any atom is -0.380 e. The minimum atomic E-state index is -0.650. The van der Waals surface area contributed by atoms with Gasteiger partial charge in [-0.2, -0.15) is 0 Å². The number of fused-ring (bicyclic) bond motifs is 1. The van der Waals surface area contributed by atoms with E-state index in [2.05, 4.69) is 36.0 Å². The number of nitrogens with zero attached hydrogens (tertiary/aromatic N) is 3. The van der Waals surface area contributed by atoms with Crippen LogP contribution in [-0.4, -0.2) is 28.3 Å². The zero-order valence-electron chi connectivity index (χ0n) is 12.1. The molecule has 0 saturated heterocycles. The summed E-state index contributed by atoms with van der Waals surface area (Å²) < 4.78 is 1.98. The second-order valence-corrected chi connectivity index (χ2v) is 5.39. The van der Waals surface area contributed by atoms with Crippen LogP contribution in [0.15, 0.2) is 30.6 Å². The summed E-state index contributed by atoms with van der Waals surface area (Å²) in [4.78, 5) is 6.57. The van der Waals surface area contributed by atoms with Crippen LogP contribution in [0.3, 0.4) is 0 Å². The zero-order valence-corrected chi connectivity index (χ0v) is 12.1. The van der Waals surface area contributed by atoms with Gasteiger partial charge in [0, 0.05) is 38.2 Å². The zero-order chi connectivity index (χ0) is 14.1. The van der Waals surface area contributed by atoms with Gasteiger partial charge in [0.25, 0.3) is 0 Å². The van der Waals surface area contributed by atoms with E-state index in [9.17, 15) is 5.11 Å². The van der Waals surface area contributed by atoms with E-state index in [1.165, 1.54) is 17.7 Å². The van der Waals surface area contributed by atoms with Gasteiger partial charge in [0.1, 0.15) is 11.9 Å². The lowest BCUT2D eigenvalue weighted by Crippen LogP contribution is -2.24. The van der Waals surface area contributed by atoms with Crippen molar-refractivity contribution in [1.82, 2.24) is 9.55 Å². The summed E-state index contributed by atoms with van der Waals surface area (Å²) in [6.07, 6.45) is 5.26. The Bertz CT molecular complexity index is 606. The van der Waals surface area contributed by atoms with E-state index in [1.807, 2.05) is 16.8 Å². The molecule has 1 aromatic heterocycles. The van der Waals surface area contributed by atoms with Gasteiger partial charge in [-0.15, -0.1) is 0 Å². The number of aliphatic hydroxyl groups excluding tert-OH is 1. The highest BCUT2D eigenvalue weighted by atomic mass is 16.3. The third-order valence-corrected chi connectivity index (χ3v) is 4.10. The molecule has 0 bridgehead atoms. The Balaban J connectivity index is 1.95. The number of benzene rings is 1. The van der Waals surface area contributed by atoms with Crippen LogP contribution in [0.4, 0.5) is 5.69 Å². The van der Waals surface area contributed by atoms with Crippen molar-refractivity contribution in [1.29, 1.82) is 0 Å². The first-order valence-electron chi connectivity index (χ1n) is 7.23. The van der Waals surface area contributed by atoms with Crippen molar-refractivity contribution in [2.24, 2.45) is 0 Å². The summed E-state index contributed by atoms with van der Waals surface area (Å²) >= 11 is 0. The Morgan fingerprint density at radius 1 is 1.40 bits per heavy atom. The van der Waals surface area contributed by atoms with Crippen molar-refractivity contribution in [3.8, 4) is 0 Å². The first-order chi connectivity index (χ1) is 9.70. The molecule has 0 saturated carbocycles. The van der Waals surface area contributed by atoms with Crippen LogP contribution in [0.2, 0.25) is 0 Å². The predicted octanol–water partition coefficient (Wildman–Crippen LogP) is 2.37. The molecule has 3 rings (SSSR count). The molecule has 1 aliphatic heterocycles. The van der Waals surface area contributed by atoms with Gasteiger partial charge in [0.05, 0.1) is 0 Å². The standard InChI is InChI=1S/C16H21N3O/c1-3-19-10-8-17-16(19)15(20)13-6-7-14-12(11-13)5-4-9-18(14)2/h6-8,10-11,15,20H,3-5,9H2,1-2H3. The third-order valence-electron chi connectivity index (χ3n) is 4.10. The summed E-state index contributed by atoms with van der Waals surface area (Å²) in [6.45, 7) is 3.98. The van der Waals surface area contributed by atoms with Gasteiger partial charge >= 0.3 is 0 Å². The molecule has 0 radical (unpaired) electrons. The summed E-state index contributed by atoms with van der Waals surface area (Å²) in [5, 5.41) is 10.6. The summed E-state index contributed by atoms with van der Waals surface area (Å²) in [5.74, 6) is 0.719. The molecule has 0 aliphatic carbocycles. The number of imidazole rings is 1. The molecule has 0 spiro atoms. The fraction of sp³-hybridized carbons (Fsp3) is 0.438. The van der Waals surface area contributed by atoms with Crippen molar-refractivity contribution in [2.45, 2.75) is 32.4 Å². The maximum Gasteiger partial charge on any atom is 0.142 e. The van der Waals surface area contributed by atoms with E-state index < -0.39 is 6.10 Å². The molecule has 1 N–H and O–H groups in total. The van der Waals surface area contributed by atoms with Crippen LogP contribution in [0.25, 0.3) is 0 Å². The molecule has 0 amide bonds. The Morgan fingerprint density at radius 2 is 2.25 bits per heavy atom.